The highest BCUT2D eigenvalue weighted by molar-refractivity contribution is 5.97. The van der Waals surface area contributed by atoms with E-state index in [1.165, 1.54) is 18.2 Å². The molecule has 0 bridgehead atoms. The number of hydrogen-bond acceptors (Lipinski definition) is 6. The van der Waals surface area contributed by atoms with E-state index in [4.69, 9.17) is 20.8 Å². The SMILES string of the molecule is [O-][N+](O)(O)c1[nH]c2ccccc2c1[N+]([O-])(O)O. The standard InChI is InChI=1S/C8H9N3O6/c12-10(13,14)7-5-3-1-2-4-6(5)9-8(7)11(15,16)17/h1-4,9,12-13,15-16H. The predicted molar refractivity (Wildman–Crippen MR) is 55.8 cm³/mol. The van der Waals surface area contributed by atoms with Crippen LogP contribution in [0.15, 0.2) is 24.3 Å². The number of quaternary nitrogens is 2. The summed E-state index contributed by atoms with van der Waals surface area (Å²) in [6.07, 6.45) is 0. The van der Waals surface area contributed by atoms with Crippen molar-refractivity contribution in [2.45, 2.75) is 0 Å². The zero-order valence-corrected chi connectivity index (χ0v) is 8.31. The van der Waals surface area contributed by atoms with Crippen LogP contribution in [0, 0.1) is 10.4 Å². The largest absolute Gasteiger partial charge is 0.559 e. The second-order valence-electron chi connectivity index (χ2n) is 3.46. The minimum atomic E-state index is -2.96. The van der Waals surface area contributed by atoms with Gasteiger partial charge in [-0.3, -0.25) is 4.98 Å². The van der Waals surface area contributed by atoms with E-state index in [9.17, 15) is 10.4 Å². The molecule has 0 fully saturated rings. The third-order valence-corrected chi connectivity index (χ3v) is 2.24. The van der Waals surface area contributed by atoms with E-state index in [0.29, 0.717) is 0 Å². The molecule has 9 nitrogen and oxygen atoms in total. The molecule has 0 aliphatic carbocycles. The number of para-hydroxylation sites is 1. The maximum Gasteiger partial charge on any atom is 0.343 e. The molecule has 92 valence electrons. The average Bonchev–Trinajstić information content (AvgIpc) is 2.54. The fourth-order valence-corrected chi connectivity index (χ4v) is 1.62. The lowest BCUT2D eigenvalue weighted by Crippen LogP contribution is -2.40. The number of benzene rings is 1. The maximum atomic E-state index is 11.1. The van der Waals surface area contributed by atoms with Gasteiger partial charge in [0.05, 0.1) is 10.9 Å². The zero-order chi connectivity index (χ0) is 12.8. The monoisotopic (exact) mass is 243 g/mol. The molecular formula is C8H9N3O6. The molecule has 0 atom stereocenters. The molecule has 17 heavy (non-hydrogen) atoms. The smallest absolute Gasteiger partial charge is 0.343 e. The van der Waals surface area contributed by atoms with Crippen LogP contribution in [0.5, 0.6) is 0 Å². The summed E-state index contributed by atoms with van der Waals surface area (Å²) < 4.78 is 0. The number of hydrogen-bond donors (Lipinski definition) is 5. The fourth-order valence-electron chi connectivity index (χ4n) is 1.62. The summed E-state index contributed by atoms with van der Waals surface area (Å²) in [5.41, 5.74) is -0.707. The van der Waals surface area contributed by atoms with Crippen LogP contribution in [0.3, 0.4) is 0 Å². The summed E-state index contributed by atoms with van der Waals surface area (Å²) in [6, 6.07) is 5.77. The van der Waals surface area contributed by atoms with E-state index in [2.05, 4.69) is 4.98 Å². The lowest BCUT2D eigenvalue weighted by molar-refractivity contribution is -0.270. The van der Waals surface area contributed by atoms with Crippen molar-refractivity contribution >= 4 is 22.4 Å². The molecule has 0 radical (unpaired) electrons. The highest BCUT2D eigenvalue weighted by atomic mass is 17.1. The molecule has 0 spiro atoms. The van der Waals surface area contributed by atoms with Gasteiger partial charge in [0.25, 0.3) is 5.69 Å². The van der Waals surface area contributed by atoms with Gasteiger partial charge in [0.15, 0.2) is 0 Å². The molecule has 0 aliphatic rings. The first kappa shape index (κ1) is 11.9. The maximum absolute atomic E-state index is 11.1. The second kappa shape index (κ2) is 3.46. The van der Waals surface area contributed by atoms with E-state index in [-0.39, 0.29) is 10.9 Å². The quantitative estimate of drug-likeness (QED) is 0.397. The first-order valence-electron chi connectivity index (χ1n) is 4.44. The van der Waals surface area contributed by atoms with Crippen LogP contribution >= 0.6 is 0 Å². The van der Waals surface area contributed by atoms with Gasteiger partial charge in [-0.15, -0.1) is 0 Å². The van der Waals surface area contributed by atoms with Crippen molar-refractivity contribution in [3.63, 3.8) is 0 Å². The Morgan fingerprint density at radius 1 is 0.941 bits per heavy atom. The summed E-state index contributed by atoms with van der Waals surface area (Å²) in [4.78, 5) is -3.67. The second-order valence-corrected chi connectivity index (χ2v) is 3.46. The minimum absolute atomic E-state index is 0.0102. The molecule has 1 aromatic carbocycles. The molecule has 5 N–H and O–H groups in total. The lowest BCUT2D eigenvalue weighted by Gasteiger charge is -2.26. The molecule has 1 heterocycles. The molecule has 0 saturated heterocycles. The summed E-state index contributed by atoms with van der Waals surface area (Å²) >= 11 is 0. The summed E-state index contributed by atoms with van der Waals surface area (Å²) in [6.45, 7) is 0. The molecular weight excluding hydrogens is 234 g/mol. The Hall–Kier alpha value is -1.56. The summed E-state index contributed by atoms with van der Waals surface area (Å²) in [5, 5.41) is 57.8. The third-order valence-electron chi connectivity index (χ3n) is 2.24. The highest BCUT2D eigenvalue weighted by Crippen LogP contribution is 2.39. The zero-order valence-electron chi connectivity index (χ0n) is 8.31. The molecule has 0 aliphatic heterocycles. The van der Waals surface area contributed by atoms with Crippen molar-refractivity contribution < 1.29 is 20.8 Å². The van der Waals surface area contributed by atoms with E-state index in [0.717, 1.165) is 0 Å². The van der Waals surface area contributed by atoms with Crippen LogP contribution in [0.2, 0.25) is 0 Å². The van der Waals surface area contributed by atoms with Crippen molar-refractivity contribution in [1.29, 1.82) is 0 Å². The van der Waals surface area contributed by atoms with Gasteiger partial charge in [0.2, 0.25) is 0 Å². The van der Waals surface area contributed by atoms with Crippen LogP contribution in [-0.2, 0) is 0 Å². The van der Waals surface area contributed by atoms with Gasteiger partial charge in [0.1, 0.15) is 0 Å². The number of aromatic nitrogens is 1. The average molecular weight is 243 g/mol. The predicted octanol–water partition coefficient (Wildman–Crippen LogP) is 1.33. The van der Waals surface area contributed by atoms with Crippen LogP contribution in [0.4, 0.5) is 11.5 Å². The Kier molecular flexibility index (Phi) is 2.43. The van der Waals surface area contributed by atoms with Crippen molar-refractivity contribution in [2.24, 2.45) is 0 Å². The first-order chi connectivity index (χ1) is 7.71. The number of nitrogens with one attached hydrogen (secondary N) is 1. The Morgan fingerprint density at radius 2 is 1.53 bits per heavy atom. The van der Waals surface area contributed by atoms with E-state index >= 15 is 0 Å². The minimum Gasteiger partial charge on any atom is -0.559 e. The lowest BCUT2D eigenvalue weighted by atomic mass is 10.2. The number of rotatable bonds is 2. The van der Waals surface area contributed by atoms with Crippen molar-refractivity contribution in [1.82, 2.24) is 14.9 Å². The van der Waals surface area contributed by atoms with E-state index < -0.39 is 21.5 Å². The molecule has 0 saturated carbocycles. The van der Waals surface area contributed by atoms with Crippen molar-refractivity contribution in [3.8, 4) is 0 Å². The van der Waals surface area contributed by atoms with E-state index in [1.54, 1.807) is 6.07 Å². The number of aromatic amines is 1. The molecule has 2 aromatic rings. The van der Waals surface area contributed by atoms with Gasteiger partial charge in [-0.05, 0) is 22.1 Å². The van der Waals surface area contributed by atoms with Gasteiger partial charge >= 0.3 is 5.82 Å². The fraction of sp³-hybridized carbons (Fsp3) is 0. The molecule has 1 aromatic heterocycles. The third kappa shape index (κ3) is 2.00. The number of nitrogens with zero attached hydrogens (tertiary/aromatic N) is 2. The van der Waals surface area contributed by atoms with Crippen LogP contribution < -0.4 is 9.95 Å². The Bertz CT molecular complexity index is 552. The number of fused-ring (bicyclic) bond motifs is 1. The van der Waals surface area contributed by atoms with Crippen molar-refractivity contribution in [2.75, 3.05) is 0 Å². The van der Waals surface area contributed by atoms with Crippen LogP contribution in [-0.4, -0.2) is 25.8 Å². The van der Waals surface area contributed by atoms with E-state index in [1.807, 2.05) is 0 Å². The summed E-state index contributed by atoms with van der Waals surface area (Å²) in [7, 11) is 0. The normalized spacial score (nSPS) is 13.3. The van der Waals surface area contributed by atoms with Crippen LogP contribution in [0.25, 0.3) is 10.9 Å². The van der Waals surface area contributed by atoms with Gasteiger partial charge in [-0.1, -0.05) is 12.1 Å². The molecule has 0 amide bonds. The molecule has 9 heteroatoms. The molecule has 0 unspecified atom stereocenters. The van der Waals surface area contributed by atoms with Crippen LogP contribution in [0.1, 0.15) is 0 Å². The van der Waals surface area contributed by atoms with Gasteiger partial charge in [-0.25, -0.2) is 0 Å². The Labute approximate surface area is 93.8 Å². The topological polar surface area (TPSA) is 143 Å². The Morgan fingerprint density at radius 3 is 2.06 bits per heavy atom. The first-order valence-corrected chi connectivity index (χ1v) is 4.44. The summed E-state index contributed by atoms with van der Waals surface area (Å²) in [5.74, 6) is -0.980. The van der Waals surface area contributed by atoms with Gasteiger partial charge in [-0.2, -0.15) is 20.8 Å². The highest BCUT2D eigenvalue weighted by Gasteiger charge is 2.37. The van der Waals surface area contributed by atoms with Crippen molar-refractivity contribution in [3.05, 3.63) is 34.7 Å². The molecule has 2 rings (SSSR count). The number of H-pyrrole nitrogens is 1. The van der Waals surface area contributed by atoms with Gasteiger partial charge in [0, 0.05) is 0 Å². The van der Waals surface area contributed by atoms with Gasteiger partial charge < -0.3 is 10.4 Å². The Balaban J connectivity index is 2.84.